The number of amides is 2. The van der Waals surface area contributed by atoms with Gasteiger partial charge >= 0.3 is 0 Å². The Balaban J connectivity index is 1.52. The molecule has 4 nitrogen and oxygen atoms in total. The summed E-state index contributed by atoms with van der Waals surface area (Å²) in [6.45, 7) is 2.26. The molecule has 0 atom stereocenters. The topological polar surface area (TPSA) is 40.6 Å². The van der Waals surface area contributed by atoms with E-state index in [9.17, 15) is 9.59 Å². The fraction of sp³-hybridized carbons (Fsp3) is 0.217. The van der Waals surface area contributed by atoms with E-state index in [0.29, 0.717) is 42.3 Å². The molecule has 1 fully saturated rings. The summed E-state index contributed by atoms with van der Waals surface area (Å²) in [5.41, 5.74) is 1.22. The number of fused-ring (bicyclic) bond motifs is 1. The minimum Gasteiger partial charge on any atom is -0.337 e. The molecule has 0 saturated carbocycles. The van der Waals surface area contributed by atoms with Gasteiger partial charge in [-0.15, -0.1) is 0 Å². The highest BCUT2D eigenvalue weighted by atomic mass is 35.5. The second kappa shape index (κ2) is 8.03. The van der Waals surface area contributed by atoms with Crippen LogP contribution in [0.1, 0.15) is 27.1 Å². The third-order valence-electron chi connectivity index (χ3n) is 5.19. The van der Waals surface area contributed by atoms with E-state index in [4.69, 9.17) is 11.6 Å². The lowest BCUT2D eigenvalue weighted by Gasteiger charge is -2.23. The molecule has 1 aliphatic heterocycles. The number of nitrogens with zero attached hydrogens (tertiary/aromatic N) is 2. The number of rotatable bonds is 2. The average Bonchev–Trinajstić information content (AvgIpc) is 2.99. The maximum absolute atomic E-state index is 13.2. The van der Waals surface area contributed by atoms with E-state index in [1.54, 1.807) is 17.0 Å². The Morgan fingerprint density at radius 2 is 1.25 bits per heavy atom. The van der Waals surface area contributed by atoms with Crippen LogP contribution in [0.4, 0.5) is 0 Å². The first-order valence-corrected chi connectivity index (χ1v) is 9.84. The molecule has 0 spiro atoms. The van der Waals surface area contributed by atoms with Crippen LogP contribution < -0.4 is 0 Å². The molecule has 0 aromatic heterocycles. The smallest absolute Gasteiger partial charge is 0.255 e. The molecule has 1 saturated heterocycles. The minimum atomic E-state index is -0.0786. The van der Waals surface area contributed by atoms with Gasteiger partial charge in [0.1, 0.15) is 0 Å². The van der Waals surface area contributed by atoms with Crippen LogP contribution in [0.5, 0.6) is 0 Å². The summed E-state index contributed by atoms with van der Waals surface area (Å²) in [5.74, 6) is -0.0612. The fourth-order valence-corrected chi connectivity index (χ4v) is 3.93. The Bertz CT molecular complexity index is 1030. The standard InChI is InChI=1S/C23H21ClN2O2/c24-21-12-4-3-10-20(21)23(28)26-14-6-13-25(15-16-26)22(27)19-11-5-8-17-7-1-2-9-18(17)19/h1-5,7-12H,6,13-16H2. The van der Waals surface area contributed by atoms with E-state index in [0.717, 1.165) is 17.2 Å². The Labute approximate surface area is 169 Å². The summed E-state index contributed by atoms with van der Waals surface area (Å²) in [6, 6.07) is 20.8. The summed E-state index contributed by atoms with van der Waals surface area (Å²) < 4.78 is 0. The molecule has 4 rings (SSSR count). The van der Waals surface area contributed by atoms with Gasteiger partial charge < -0.3 is 9.80 Å². The summed E-state index contributed by atoms with van der Waals surface area (Å²) in [7, 11) is 0. The summed E-state index contributed by atoms with van der Waals surface area (Å²) in [6.07, 6.45) is 0.743. The minimum absolute atomic E-state index is 0.0174. The highest BCUT2D eigenvalue weighted by Crippen LogP contribution is 2.22. The van der Waals surface area contributed by atoms with Crippen LogP contribution in [0.2, 0.25) is 5.02 Å². The number of benzene rings is 3. The molecule has 5 heteroatoms. The first-order valence-electron chi connectivity index (χ1n) is 9.46. The highest BCUT2D eigenvalue weighted by molar-refractivity contribution is 6.33. The van der Waals surface area contributed by atoms with E-state index in [1.807, 2.05) is 59.5 Å². The second-order valence-electron chi connectivity index (χ2n) is 6.94. The molecule has 3 aromatic carbocycles. The zero-order valence-electron chi connectivity index (χ0n) is 15.5. The SMILES string of the molecule is O=C(c1ccccc1Cl)N1CCCN(C(=O)c2cccc3ccccc23)CC1. The third-order valence-corrected chi connectivity index (χ3v) is 5.52. The van der Waals surface area contributed by atoms with Gasteiger partial charge in [0.25, 0.3) is 11.8 Å². The number of halogens is 1. The molecule has 0 unspecified atom stereocenters. The monoisotopic (exact) mass is 392 g/mol. The van der Waals surface area contributed by atoms with Crippen LogP contribution in [0.25, 0.3) is 10.8 Å². The summed E-state index contributed by atoms with van der Waals surface area (Å²) >= 11 is 6.18. The van der Waals surface area contributed by atoms with Gasteiger partial charge in [0.15, 0.2) is 0 Å². The molecule has 0 radical (unpaired) electrons. The van der Waals surface area contributed by atoms with E-state index < -0.39 is 0 Å². The first-order chi connectivity index (χ1) is 13.6. The summed E-state index contributed by atoms with van der Waals surface area (Å²) in [5, 5.41) is 2.47. The summed E-state index contributed by atoms with van der Waals surface area (Å²) in [4.78, 5) is 29.6. The average molecular weight is 393 g/mol. The lowest BCUT2D eigenvalue weighted by atomic mass is 10.0. The predicted octanol–water partition coefficient (Wildman–Crippen LogP) is 4.48. The molecule has 1 heterocycles. The van der Waals surface area contributed by atoms with Gasteiger partial charge in [0.2, 0.25) is 0 Å². The molecule has 3 aromatic rings. The molecular weight excluding hydrogens is 372 g/mol. The lowest BCUT2D eigenvalue weighted by Crippen LogP contribution is -2.37. The Hall–Kier alpha value is -2.85. The van der Waals surface area contributed by atoms with E-state index in [-0.39, 0.29) is 11.8 Å². The fourth-order valence-electron chi connectivity index (χ4n) is 3.71. The van der Waals surface area contributed by atoms with Crippen LogP contribution in [0.3, 0.4) is 0 Å². The van der Waals surface area contributed by atoms with Gasteiger partial charge in [-0.3, -0.25) is 9.59 Å². The maximum Gasteiger partial charge on any atom is 0.255 e. The second-order valence-corrected chi connectivity index (χ2v) is 7.35. The van der Waals surface area contributed by atoms with Gasteiger partial charge in [0.05, 0.1) is 10.6 Å². The van der Waals surface area contributed by atoms with Crippen molar-refractivity contribution in [1.82, 2.24) is 9.80 Å². The van der Waals surface area contributed by atoms with Gasteiger partial charge in [-0.2, -0.15) is 0 Å². The zero-order valence-corrected chi connectivity index (χ0v) is 16.2. The van der Waals surface area contributed by atoms with Crippen molar-refractivity contribution in [2.24, 2.45) is 0 Å². The van der Waals surface area contributed by atoms with E-state index >= 15 is 0 Å². The molecule has 0 aliphatic carbocycles. The van der Waals surface area contributed by atoms with Crippen LogP contribution >= 0.6 is 11.6 Å². The lowest BCUT2D eigenvalue weighted by molar-refractivity contribution is 0.0720. The van der Waals surface area contributed by atoms with Crippen molar-refractivity contribution in [2.75, 3.05) is 26.2 Å². The van der Waals surface area contributed by atoms with Crippen LogP contribution in [0, 0.1) is 0 Å². The Morgan fingerprint density at radius 1 is 0.679 bits per heavy atom. The quantitative estimate of drug-likeness (QED) is 0.645. The molecule has 1 aliphatic rings. The number of carbonyl (C=O) groups excluding carboxylic acids is 2. The van der Waals surface area contributed by atoms with Crippen LogP contribution in [-0.4, -0.2) is 47.8 Å². The normalized spacial score (nSPS) is 14.8. The maximum atomic E-state index is 13.2. The Morgan fingerprint density at radius 3 is 2.00 bits per heavy atom. The molecule has 0 bridgehead atoms. The zero-order chi connectivity index (χ0) is 19.5. The van der Waals surface area contributed by atoms with Crippen molar-refractivity contribution in [2.45, 2.75) is 6.42 Å². The molecular formula is C23H21ClN2O2. The first kappa shape index (κ1) is 18.5. The largest absolute Gasteiger partial charge is 0.337 e. The molecule has 28 heavy (non-hydrogen) atoms. The van der Waals surface area contributed by atoms with Crippen molar-refractivity contribution in [3.05, 3.63) is 82.9 Å². The van der Waals surface area contributed by atoms with Crippen LogP contribution in [-0.2, 0) is 0 Å². The molecule has 142 valence electrons. The third kappa shape index (κ3) is 3.60. The molecule has 0 N–H and O–H groups in total. The van der Waals surface area contributed by atoms with Crippen molar-refractivity contribution >= 4 is 34.2 Å². The van der Waals surface area contributed by atoms with E-state index in [2.05, 4.69) is 0 Å². The molecule has 2 amide bonds. The van der Waals surface area contributed by atoms with Gasteiger partial charge in [0, 0.05) is 31.7 Å². The van der Waals surface area contributed by atoms with Gasteiger partial charge in [-0.25, -0.2) is 0 Å². The number of carbonyl (C=O) groups is 2. The van der Waals surface area contributed by atoms with E-state index in [1.165, 1.54) is 0 Å². The highest BCUT2D eigenvalue weighted by Gasteiger charge is 2.25. The van der Waals surface area contributed by atoms with Gasteiger partial charge in [-0.1, -0.05) is 60.1 Å². The number of hydrogen-bond donors (Lipinski definition) is 0. The van der Waals surface area contributed by atoms with Crippen LogP contribution in [0.15, 0.2) is 66.7 Å². The van der Waals surface area contributed by atoms with Crippen molar-refractivity contribution in [1.29, 1.82) is 0 Å². The predicted molar refractivity (Wildman–Crippen MR) is 112 cm³/mol. The van der Waals surface area contributed by atoms with Crippen molar-refractivity contribution < 1.29 is 9.59 Å². The van der Waals surface area contributed by atoms with Crippen molar-refractivity contribution in [3.8, 4) is 0 Å². The van der Waals surface area contributed by atoms with Gasteiger partial charge in [-0.05, 0) is 35.4 Å². The number of hydrogen-bond acceptors (Lipinski definition) is 2. The Kier molecular flexibility index (Phi) is 5.31. The van der Waals surface area contributed by atoms with Crippen molar-refractivity contribution in [3.63, 3.8) is 0 Å².